The Kier molecular flexibility index (Phi) is 3.91. The van der Waals surface area contributed by atoms with Gasteiger partial charge in [0.1, 0.15) is 5.69 Å². The highest BCUT2D eigenvalue weighted by Crippen LogP contribution is 2.29. The average molecular weight is 314 g/mol. The summed E-state index contributed by atoms with van der Waals surface area (Å²) in [7, 11) is 0. The van der Waals surface area contributed by atoms with Gasteiger partial charge in [-0.2, -0.15) is 4.98 Å². The van der Waals surface area contributed by atoms with Crippen LogP contribution in [0.5, 0.6) is 0 Å². The van der Waals surface area contributed by atoms with Gasteiger partial charge in [0.15, 0.2) is 0 Å². The van der Waals surface area contributed by atoms with E-state index in [1.807, 2.05) is 0 Å². The van der Waals surface area contributed by atoms with E-state index in [9.17, 15) is 10.1 Å². The quantitative estimate of drug-likeness (QED) is 0.663. The molecule has 104 valence electrons. The van der Waals surface area contributed by atoms with Gasteiger partial charge in [-0.15, -0.1) is 0 Å². The summed E-state index contributed by atoms with van der Waals surface area (Å²) in [5.41, 5.74) is 11.3. The Labute approximate surface area is 123 Å². The third-order valence-corrected chi connectivity index (χ3v) is 3.14. The molecular formula is C11H9Cl2N5O2. The molecule has 20 heavy (non-hydrogen) atoms. The lowest BCUT2D eigenvalue weighted by Crippen LogP contribution is -2.09. The molecule has 7 nitrogen and oxygen atoms in total. The minimum absolute atomic E-state index is 0.100. The van der Waals surface area contributed by atoms with E-state index >= 15 is 0 Å². The van der Waals surface area contributed by atoms with E-state index in [0.717, 1.165) is 0 Å². The van der Waals surface area contributed by atoms with Gasteiger partial charge in [-0.3, -0.25) is 10.1 Å². The van der Waals surface area contributed by atoms with Gasteiger partial charge in [0.25, 0.3) is 0 Å². The number of anilines is 2. The van der Waals surface area contributed by atoms with Crippen molar-refractivity contribution in [2.24, 2.45) is 0 Å². The number of nitrogens with zero attached hydrogens (tertiary/aromatic N) is 3. The molecule has 4 N–H and O–H groups in total. The van der Waals surface area contributed by atoms with Crippen LogP contribution in [0.1, 0.15) is 11.3 Å². The first kappa shape index (κ1) is 14.3. The van der Waals surface area contributed by atoms with Gasteiger partial charge in [-0.05, 0) is 17.7 Å². The van der Waals surface area contributed by atoms with E-state index in [-0.39, 0.29) is 29.6 Å². The van der Waals surface area contributed by atoms with Gasteiger partial charge in [0, 0.05) is 16.5 Å². The smallest absolute Gasteiger partial charge is 0.332 e. The van der Waals surface area contributed by atoms with Crippen LogP contribution in [0.3, 0.4) is 0 Å². The number of aromatic nitrogens is 2. The second-order valence-electron chi connectivity index (χ2n) is 3.93. The molecule has 2 aromatic rings. The molecular weight excluding hydrogens is 305 g/mol. The van der Waals surface area contributed by atoms with Crippen molar-refractivity contribution in [2.75, 3.05) is 11.5 Å². The number of nitrogens with two attached hydrogens (primary N) is 2. The molecule has 0 fully saturated rings. The zero-order valence-corrected chi connectivity index (χ0v) is 11.5. The molecule has 1 aromatic carbocycles. The van der Waals surface area contributed by atoms with E-state index in [1.165, 1.54) is 6.07 Å². The van der Waals surface area contributed by atoms with Crippen LogP contribution >= 0.6 is 23.2 Å². The van der Waals surface area contributed by atoms with Crippen LogP contribution in [0.4, 0.5) is 17.5 Å². The Morgan fingerprint density at radius 2 is 1.95 bits per heavy atom. The highest BCUT2D eigenvalue weighted by atomic mass is 35.5. The van der Waals surface area contributed by atoms with E-state index < -0.39 is 4.92 Å². The number of halogens is 2. The van der Waals surface area contributed by atoms with Crippen molar-refractivity contribution in [3.05, 3.63) is 49.6 Å². The summed E-state index contributed by atoms with van der Waals surface area (Å²) in [5.74, 6) is -0.407. The number of nitrogen functional groups attached to an aromatic ring is 2. The fourth-order valence-corrected chi connectivity index (χ4v) is 2.18. The lowest BCUT2D eigenvalue weighted by atomic mass is 10.1. The fraction of sp³-hybridized carbons (Fsp3) is 0.0909. The number of nitro groups is 1. The molecule has 0 aliphatic carbocycles. The van der Waals surface area contributed by atoms with Crippen molar-refractivity contribution in [3.63, 3.8) is 0 Å². The fourth-order valence-electron chi connectivity index (χ4n) is 1.71. The van der Waals surface area contributed by atoms with Crippen LogP contribution in [0.15, 0.2) is 18.2 Å². The second-order valence-corrected chi connectivity index (χ2v) is 4.78. The molecule has 0 aliphatic heterocycles. The maximum absolute atomic E-state index is 11.0. The van der Waals surface area contributed by atoms with E-state index in [4.69, 9.17) is 34.7 Å². The largest absolute Gasteiger partial charge is 0.378 e. The maximum atomic E-state index is 11.0. The molecule has 1 heterocycles. The minimum atomic E-state index is -0.645. The van der Waals surface area contributed by atoms with Crippen LogP contribution in [-0.2, 0) is 6.42 Å². The number of hydrogen-bond donors (Lipinski definition) is 2. The summed E-state index contributed by atoms with van der Waals surface area (Å²) < 4.78 is 0. The summed E-state index contributed by atoms with van der Waals surface area (Å²) in [6.45, 7) is 0. The first-order valence-electron chi connectivity index (χ1n) is 5.38. The molecule has 0 amide bonds. The third-order valence-electron chi connectivity index (χ3n) is 2.56. The van der Waals surface area contributed by atoms with Gasteiger partial charge >= 0.3 is 5.69 Å². The van der Waals surface area contributed by atoms with Crippen LogP contribution in [-0.4, -0.2) is 14.9 Å². The number of hydrogen-bond acceptors (Lipinski definition) is 6. The number of benzene rings is 1. The first-order valence-corrected chi connectivity index (χ1v) is 6.14. The van der Waals surface area contributed by atoms with Crippen LogP contribution < -0.4 is 11.5 Å². The van der Waals surface area contributed by atoms with Crippen molar-refractivity contribution in [2.45, 2.75) is 6.42 Å². The van der Waals surface area contributed by atoms with E-state index in [0.29, 0.717) is 15.6 Å². The minimum Gasteiger partial charge on any atom is -0.378 e. The molecule has 0 aliphatic rings. The van der Waals surface area contributed by atoms with Crippen molar-refractivity contribution < 1.29 is 4.92 Å². The molecule has 0 radical (unpaired) electrons. The second kappa shape index (κ2) is 5.48. The topological polar surface area (TPSA) is 121 Å². The van der Waals surface area contributed by atoms with Crippen LogP contribution in [0.2, 0.25) is 10.0 Å². The molecule has 0 bridgehead atoms. The normalized spacial score (nSPS) is 10.5. The zero-order chi connectivity index (χ0) is 14.9. The Morgan fingerprint density at radius 3 is 2.55 bits per heavy atom. The van der Waals surface area contributed by atoms with Gasteiger partial charge in [-0.25, -0.2) is 4.98 Å². The third kappa shape index (κ3) is 2.89. The molecule has 2 rings (SSSR count). The van der Waals surface area contributed by atoms with Crippen molar-refractivity contribution in [1.82, 2.24) is 9.97 Å². The summed E-state index contributed by atoms with van der Waals surface area (Å²) in [6, 6.07) is 4.82. The summed E-state index contributed by atoms with van der Waals surface area (Å²) in [5, 5.41) is 11.9. The van der Waals surface area contributed by atoms with Gasteiger partial charge in [-0.1, -0.05) is 29.3 Å². The van der Waals surface area contributed by atoms with Gasteiger partial charge < -0.3 is 11.5 Å². The highest BCUT2D eigenvalue weighted by molar-refractivity contribution is 6.35. The average Bonchev–Trinajstić information content (AvgIpc) is 2.31. The molecule has 0 saturated carbocycles. The van der Waals surface area contributed by atoms with Gasteiger partial charge in [0.05, 0.1) is 4.92 Å². The molecule has 0 atom stereocenters. The van der Waals surface area contributed by atoms with Gasteiger partial charge in [0.2, 0.25) is 11.8 Å². The van der Waals surface area contributed by atoms with Crippen molar-refractivity contribution in [1.29, 1.82) is 0 Å². The lowest BCUT2D eigenvalue weighted by molar-refractivity contribution is -0.385. The Bertz CT molecular complexity index is 693. The lowest BCUT2D eigenvalue weighted by Gasteiger charge is -2.07. The van der Waals surface area contributed by atoms with Crippen LogP contribution in [0.25, 0.3) is 0 Å². The maximum Gasteiger partial charge on any atom is 0.332 e. The first-order chi connectivity index (χ1) is 9.38. The SMILES string of the molecule is Nc1nc(N)c([N+](=O)[O-])c(Cc2ccc(Cl)cc2Cl)n1. The van der Waals surface area contributed by atoms with E-state index in [2.05, 4.69) is 9.97 Å². The highest BCUT2D eigenvalue weighted by Gasteiger charge is 2.23. The Balaban J connectivity index is 2.50. The molecule has 1 aromatic heterocycles. The summed E-state index contributed by atoms with van der Waals surface area (Å²) in [4.78, 5) is 17.8. The van der Waals surface area contributed by atoms with Crippen molar-refractivity contribution >= 4 is 40.7 Å². The van der Waals surface area contributed by atoms with Crippen LogP contribution in [0, 0.1) is 10.1 Å². The summed E-state index contributed by atoms with van der Waals surface area (Å²) >= 11 is 11.8. The molecule has 0 unspecified atom stereocenters. The zero-order valence-electron chi connectivity index (χ0n) is 10.0. The summed E-state index contributed by atoms with van der Waals surface area (Å²) in [6.07, 6.45) is 0.100. The van der Waals surface area contributed by atoms with Crippen molar-refractivity contribution in [3.8, 4) is 0 Å². The monoisotopic (exact) mass is 313 g/mol. The number of rotatable bonds is 3. The Morgan fingerprint density at radius 1 is 1.25 bits per heavy atom. The predicted octanol–water partition coefficient (Wildman–Crippen LogP) is 2.45. The van der Waals surface area contributed by atoms with E-state index in [1.54, 1.807) is 12.1 Å². The molecule has 0 saturated heterocycles. The standard InChI is InChI=1S/C11H9Cl2N5O2/c12-6-2-1-5(7(13)4-6)3-8-9(18(19)20)10(14)17-11(15)16-8/h1-2,4H,3H2,(H4,14,15,16,17). The Hall–Kier alpha value is -2.12. The predicted molar refractivity (Wildman–Crippen MR) is 76.8 cm³/mol. The molecule has 9 heteroatoms. The molecule has 0 spiro atoms.